The van der Waals surface area contributed by atoms with E-state index < -0.39 is 17.7 Å². The summed E-state index contributed by atoms with van der Waals surface area (Å²) in [6.45, 7) is 1.71. The fraction of sp³-hybridized carbons (Fsp3) is 0.125. The second-order valence-electron chi connectivity index (χ2n) is 4.64. The monoisotopic (exact) mass is 287 g/mol. The summed E-state index contributed by atoms with van der Waals surface area (Å²) in [7, 11) is 0. The molecule has 0 bridgehead atoms. The lowest BCUT2D eigenvalue weighted by Crippen LogP contribution is -2.15. The fourth-order valence-electron chi connectivity index (χ4n) is 1.99. The highest BCUT2D eigenvalue weighted by Crippen LogP contribution is 2.18. The van der Waals surface area contributed by atoms with Gasteiger partial charge in [0.15, 0.2) is 0 Å². The second-order valence-corrected chi connectivity index (χ2v) is 4.64. The van der Waals surface area contributed by atoms with Gasteiger partial charge in [-0.3, -0.25) is 9.59 Å². The number of nitrogens with one attached hydrogen (secondary N) is 1. The summed E-state index contributed by atoms with van der Waals surface area (Å²) in [4.78, 5) is 23.0. The van der Waals surface area contributed by atoms with Gasteiger partial charge in [0, 0.05) is 11.3 Å². The molecule has 4 nitrogen and oxygen atoms in total. The van der Waals surface area contributed by atoms with Crippen molar-refractivity contribution in [2.75, 3.05) is 5.32 Å². The van der Waals surface area contributed by atoms with Gasteiger partial charge in [-0.2, -0.15) is 0 Å². The van der Waals surface area contributed by atoms with Crippen molar-refractivity contribution in [2.45, 2.75) is 13.3 Å². The molecular weight excluding hydrogens is 273 g/mol. The number of anilines is 1. The fourth-order valence-corrected chi connectivity index (χ4v) is 1.99. The molecule has 0 fully saturated rings. The molecular formula is C16H14FNO3. The Kier molecular flexibility index (Phi) is 4.33. The first kappa shape index (κ1) is 14.7. The molecule has 2 aromatic rings. The van der Waals surface area contributed by atoms with Gasteiger partial charge in [0.25, 0.3) is 5.91 Å². The quantitative estimate of drug-likeness (QED) is 0.908. The molecule has 2 aromatic carbocycles. The average molecular weight is 287 g/mol. The minimum Gasteiger partial charge on any atom is -0.481 e. The predicted molar refractivity (Wildman–Crippen MR) is 76.9 cm³/mol. The molecule has 0 aliphatic heterocycles. The Morgan fingerprint density at radius 3 is 2.62 bits per heavy atom. The van der Waals surface area contributed by atoms with Crippen LogP contribution in [0.2, 0.25) is 0 Å². The highest BCUT2D eigenvalue weighted by Gasteiger charge is 2.13. The number of carboxylic acid groups (broad SMARTS) is 1. The highest BCUT2D eigenvalue weighted by molar-refractivity contribution is 6.05. The number of carboxylic acids is 1. The molecule has 0 aromatic heterocycles. The molecule has 2 N–H and O–H groups in total. The molecule has 0 heterocycles. The third kappa shape index (κ3) is 3.66. The van der Waals surface area contributed by atoms with Gasteiger partial charge in [-0.1, -0.05) is 24.3 Å². The first-order chi connectivity index (χ1) is 9.97. The van der Waals surface area contributed by atoms with Gasteiger partial charge >= 0.3 is 5.97 Å². The number of carbonyl (C=O) groups excluding carboxylic acids is 1. The van der Waals surface area contributed by atoms with E-state index in [1.54, 1.807) is 31.2 Å². The number of rotatable bonds is 4. The summed E-state index contributed by atoms with van der Waals surface area (Å²) in [6.07, 6.45) is -0.196. The first-order valence-electron chi connectivity index (χ1n) is 6.34. The third-order valence-electron chi connectivity index (χ3n) is 3.05. The van der Waals surface area contributed by atoms with Crippen LogP contribution in [0.3, 0.4) is 0 Å². The van der Waals surface area contributed by atoms with Crippen LogP contribution in [-0.2, 0) is 11.2 Å². The van der Waals surface area contributed by atoms with Gasteiger partial charge < -0.3 is 10.4 Å². The molecule has 0 atom stereocenters. The van der Waals surface area contributed by atoms with Gasteiger partial charge in [-0.05, 0) is 36.2 Å². The normalized spacial score (nSPS) is 10.2. The molecule has 0 saturated carbocycles. The molecule has 0 aliphatic carbocycles. The van der Waals surface area contributed by atoms with Crippen molar-refractivity contribution in [3.63, 3.8) is 0 Å². The molecule has 1 amide bonds. The smallest absolute Gasteiger partial charge is 0.307 e. The maximum absolute atomic E-state index is 13.2. The van der Waals surface area contributed by atoms with Crippen LogP contribution in [0.15, 0.2) is 42.5 Å². The van der Waals surface area contributed by atoms with Gasteiger partial charge in [0.1, 0.15) is 5.82 Å². The van der Waals surface area contributed by atoms with Crippen LogP contribution in [0.1, 0.15) is 21.5 Å². The molecule has 5 heteroatoms. The van der Waals surface area contributed by atoms with Crippen molar-refractivity contribution in [3.8, 4) is 0 Å². The Bertz CT molecular complexity index is 698. The van der Waals surface area contributed by atoms with E-state index in [0.717, 1.165) is 6.07 Å². The number of para-hydroxylation sites is 1. The molecule has 21 heavy (non-hydrogen) atoms. The number of amides is 1. The predicted octanol–water partition coefficient (Wildman–Crippen LogP) is 3.01. The van der Waals surface area contributed by atoms with Gasteiger partial charge in [-0.15, -0.1) is 0 Å². The molecule has 0 spiro atoms. The van der Waals surface area contributed by atoms with Gasteiger partial charge in [0.05, 0.1) is 6.42 Å². The Hall–Kier alpha value is -2.69. The zero-order valence-corrected chi connectivity index (χ0v) is 11.4. The molecule has 0 saturated heterocycles. The lowest BCUT2D eigenvalue weighted by molar-refractivity contribution is -0.136. The summed E-state index contributed by atoms with van der Waals surface area (Å²) in [5, 5.41) is 11.5. The SMILES string of the molecule is Cc1ccc(F)cc1C(=O)Nc1ccccc1CC(=O)O. The van der Waals surface area contributed by atoms with E-state index in [9.17, 15) is 14.0 Å². The summed E-state index contributed by atoms with van der Waals surface area (Å²) in [6, 6.07) is 10.6. The van der Waals surface area contributed by atoms with Crippen LogP contribution < -0.4 is 5.32 Å². The van der Waals surface area contributed by atoms with E-state index in [1.807, 2.05) is 0 Å². The van der Waals surface area contributed by atoms with Crippen molar-refractivity contribution >= 4 is 17.6 Å². The van der Waals surface area contributed by atoms with Crippen molar-refractivity contribution in [2.24, 2.45) is 0 Å². The van der Waals surface area contributed by atoms with Crippen molar-refractivity contribution in [3.05, 3.63) is 65.0 Å². The molecule has 108 valence electrons. The lowest BCUT2D eigenvalue weighted by atomic mass is 10.1. The summed E-state index contributed by atoms with van der Waals surface area (Å²) < 4.78 is 13.2. The van der Waals surface area contributed by atoms with Crippen LogP contribution in [0.4, 0.5) is 10.1 Å². The lowest BCUT2D eigenvalue weighted by Gasteiger charge is -2.11. The van der Waals surface area contributed by atoms with Crippen molar-refractivity contribution in [1.29, 1.82) is 0 Å². The number of aryl methyl sites for hydroxylation is 1. The first-order valence-corrected chi connectivity index (χ1v) is 6.34. The van der Waals surface area contributed by atoms with Crippen molar-refractivity contribution in [1.82, 2.24) is 0 Å². The van der Waals surface area contributed by atoms with E-state index in [-0.39, 0.29) is 12.0 Å². The number of halogens is 1. The van der Waals surface area contributed by atoms with Crippen molar-refractivity contribution < 1.29 is 19.1 Å². The standard InChI is InChI=1S/C16H14FNO3/c1-10-6-7-12(17)9-13(10)16(21)18-14-5-3-2-4-11(14)8-15(19)20/h2-7,9H,8H2,1H3,(H,18,21)(H,19,20). The number of hydrogen-bond acceptors (Lipinski definition) is 2. The number of aliphatic carboxylic acids is 1. The number of benzene rings is 2. The Morgan fingerprint density at radius 1 is 1.19 bits per heavy atom. The van der Waals surface area contributed by atoms with Crippen LogP contribution in [0.5, 0.6) is 0 Å². The Morgan fingerprint density at radius 2 is 1.90 bits per heavy atom. The number of carbonyl (C=O) groups is 2. The van der Waals surface area contributed by atoms with E-state index in [4.69, 9.17) is 5.11 Å². The Labute approximate surface area is 121 Å². The van der Waals surface area contributed by atoms with E-state index >= 15 is 0 Å². The minimum atomic E-state index is -0.987. The maximum Gasteiger partial charge on any atom is 0.307 e. The zero-order valence-electron chi connectivity index (χ0n) is 11.4. The largest absolute Gasteiger partial charge is 0.481 e. The molecule has 0 unspecified atom stereocenters. The highest BCUT2D eigenvalue weighted by atomic mass is 19.1. The van der Waals surface area contributed by atoms with Crippen LogP contribution >= 0.6 is 0 Å². The van der Waals surface area contributed by atoms with E-state index in [2.05, 4.69) is 5.32 Å². The van der Waals surface area contributed by atoms with E-state index in [0.29, 0.717) is 16.8 Å². The van der Waals surface area contributed by atoms with Gasteiger partial charge in [-0.25, -0.2) is 4.39 Å². The number of hydrogen-bond donors (Lipinski definition) is 2. The van der Waals surface area contributed by atoms with Crippen LogP contribution in [-0.4, -0.2) is 17.0 Å². The Balaban J connectivity index is 2.27. The minimum absolute atomic E-state index is 0.196. The summed E-state index contributed by atoms with van der Waals surface area (Å²) >= 11 is 0. The molecule has 2 rings (SSSR count). The second kappa shape index (κ2) is 6.17. The average Bonchev–Trinajstić information content (AvgIpc) is 2.43. The molecule has 0 radical (unpaired) electrons. The molecule has 0 aliphatic rings. The summed E-state index contributed by atoms with van der Waals surface area (Å²) in [5.74, 6) is -1.95. The zero-order chi connectivity index (χ0) is 15.4. The van der Waals surface area contributed by atoms with Crippen LogP contribution in [0, 0.1) is 12.7 Å². The summed E-state index contributed by atoms with van der Waals surface area (Å²) in [5.41, 5.74) is 1.77. The van der Waals surface area contributed by atoms with Crippen LogP contribution in [0.25, 0.3) is 0 Å². The maximum atomic E-state index is 13.2. The van der Waals surface area contributed by atoms with E-state index in [1.165, 1.54) is 12.1 Å². The topological polar surface area (TPSA) is 66.4 Å². The third-order valence-corrected chi connectivity index (χ3v) is 3.05. The van der Waals surface area contributed by atoms with Gasteiger partial charge in [0.2, 0.25) is 0 Å².